The molecule has 0 spiro atoms. The van der Waals surface area contributed by atoms with Crippen LogP contribution >= 0.6 is 0 Å². The van der Waals surface area contributed by atoms with Crippen LogP contribution in [0.4, 0.5) is 4.39 Å². The van der Waals surface area contributed by atoms with Crippen LogP contribution in [0.5, 0.6) is 0 Å². The Kier molecular flexibility index (Phi) is 19.7. The first kappa shape index (κ1) is 21.7. The van der Waals surface area contributed by atoms with E-state index in [9.17, 15) is 9.18 Å². The Hall–Kier alpha value is -0.560. The van der Waals surface area contributed by atoms with E-state index in [1.165, 1.54) is 7.11 Å². The quantitative estimate of drug-likeness (QED) is 0.567. The Balaban J connectivity index is -0.000000180. The van der Waals surface area contributed by atoms with Crippen molar-refractivity contribution >= 4 is 6.29 Å². The molecule has 17 heavy (non-hydrogen) atoms. The van der Waals surface area contributed by atoms with Crippen LogP contribution in [0, 0.1) is 0 Å². The van der Waals surface area contributed by atoms with Crippen molar-refractivity contribution in [2.45, 2.75) is 38.6 Å². The number of hydrogen-bond acceptors (Lipinski definition) is 5. The lowest BCUT2D eigenvalue weighted by atomic mass is 10.3. The van der Waals surface area contributed by atoms with Gasteiger partial charge in [0.25, 0.3) is 0 Å². The minimum absolute atomic E-state index is 0.0833. The number of aliphatic hydroxyl groups excluding tert-OH is 1. The summed E-state index contributed by atoms with van der Waals surface area (Å²) in [7, 11) is 2.96. The molecule has 5 nitrogen and oxygen atoms in total. The molecule has 0 aromatic heterocycles. The van der Waals surface area contributed by atoms with Gasteiger partial charge >= 0.3 is 0 Å². The van der Waals surface area contributed by atoms with Gasteiger partial charge in [0.15, 0.2) is 5.79 Å². The van der Waals surface area contributed by atoms with E-state index < -0.39 is 5.79 Å². The molecule has 1 saturated heterocycles. The van der Waals surface area contributed by atoms with Gasteiger partial charge in [0, 0.05) is 20.8 Å². The second kappa shape index (κ2) is 15.4. The fraction of sp³-hybridized carbons (Fsp3) is 0.909. The molecule has 1 unspecified atom stereocenters. The number of methoxy groups -OCH3 is 1. The van der Waals surface area contributed by atoms with Gasteiger partial charge < -0.3 is 24.5 Å². The van der Waals surface area contributed by atoms with Gasteiger partial charge in [0.2, 0.25) is 0 Å². The lowest BCUT2D eigenvalue weighted by molar-refractivity contribution is -0.155. The highest BCUT2D eigenvalue weighted by Crippen LogP contribution is 2.08. The third-order valence-electron chi connectivity index (χ3n) is 1.62. The van der Waals surface area contributed by atoms with Gasteiger partial charge in [-0.25, -0.2) is 0 Å². The Morgan fingerprint density at radius 2 is 1.82 bits per heavy atom. The van der Waals surface area contributed by atoms with Crippen LogP contribution < -0.4 is 0 Å². The molecular formula is C11H25FO5. The molecular weight excluding hydrogens is 231 g/mol. The number of aliphatic hydroxyl groups is 2. The molecule has 1 heterocycles. The zero-order valence-electron chi connectivity index (χ0n) is 11.3. The number of alkyl halides is 1. The van der Waals surface area contributed by atoms with Crippen LogP contribution in [0.25, 0.3) is 0 Å². The standard InChI is InChI=1S/C5H8O2.C4H10O2.CH3F.CH4O/c6-4-5-2-1-3-7-5;1-4(2,5)6-3;2*1-2/h4-5H,1-3H2;5H,1-3H3;1H3;2H,1H3. The van der Waals surface area contributed by atoms with Crippen molar-refractivity contribution in [3.05, 3.63) is 0 Å². The lowest BCUT2D eigenvalue weighted by Gasteiger charge is -2.12. The van der Waals surface area contributed by atoms with Crippen LogP contribution in [0.2, 0.25) is 0 Å². The monoisotopic (exact) mass is 256 g/mol. The zero-order chi connectivity index (χ0) is 14.3. The van der Waals surface area contributed by atoms with Gasteiger partial charge in [-0.2, -0.15) is 0 Å². The molecule has 2 N–H and O–H groups in total. The molecule has 6 heteroatoms. The number of halogens is 1. The van der Waals surface area contributed by atoms with Crippen molar-refractivity contribution in [2.24, 2.45) is 0 Å². The Morgan fingerprint density at radius 3 is 1.94 bits per heavy atom. The minimum atomic E-state index is -0.958. The number of ether oxygens (including phenoxy) is 2. The second-order valence-electron chi connectivity index (χ2n) is 3.34. The van der Waals surface area contributed by atoms with Crippen molar-refractivity contribution in [2.75, 3.05) is 28.0 Å². The summed E-state index contributed by atoms with van der Waals surface area (Å²) in [4.78, 5) is 9.88. The van der Waals surface area contributed by atoms with Gasteiger partial charge in [0.1, 0.15) is 12.4 Å². The summed E-state index contributed by atoms with van der Waals surface area (Å²) in [5.41, 5.74) is 0. The summed E-state index contributed by atoms with van der Waals surface area (Å²) in [6, 6.07) is 0. The molecule has 1 aliphatic heterocycles. The minimum Gasteiger partial charge on any atom is -0.400 e. The summed E-state index contributed by atoms with van der Waals surface area (Å²) in [6.45, 7) is 3.92. The highest BCUT2D eigenvalue weighted by molar-refractivity contribution is 5.56. The Morgan fingerprint density at radius 1 is 1.41 bits per heavy atom. The first-order chi connectivity index (χ1) is 7.99. The summed E-state index contributed by atoms with van der Waals surface area (Å²) in [5.74, 6) is -0.958. The molecule has 0 bridgehead atoms. The van der Waals surface area contributed by atoms with Crippen molar-refractivity contribution in [1.82, 2.24) is 0 Å². The lowest BCUT2D eigenvalue weighted by Crippen LogP contribution is -2.20. The predicted octanol–water partition coefficient (Wildman–Crippen LogP) is 0.920. The number of rotatable bonds is 2. The summed E-state index contributed by atoms with van der Waals surface area (Å²) >= 11 is 0. The molecule has 0 saturated carbocycles. The number of aldehydes is 1. The largest absolute Gasteiger partial charge is 0.400 e. The van der Waals surface area contributed by atoms with E-state index in [0.717, 1.165) is 32.8 Å². The van der Waals surface area contributed by atoms with Crippen LogP contribution in [0.15, 0.2) is 0 Å². The molecule has 1 aliphatic rings. The maximum Gasteiger partial charge on any atom is 0.159 e. The van der Waals surface area contributed by atoms with E-state index in [2.05, 4.69) is 4.74 Å². The number of hydrogen-bond donors (Lipinski definition) is 2. The first-order valence-electron chi connectivity index (χ1n) is 5.16. The van der Waals surface area contributed by atoms with Crippen molar-refractivity contribution in [1.29, 1.82) is 0 Å². The first-order valence-corrected chi connectivity index (χ1v) is 5.16. The van der Waals surface area contributed by atoms with Gasteiger partial charge in [-0.3, -0.25) is 4.39 Å². The van der Waals surface area contributed by atoms with E-state index >= 15 is 0 Å². The molecule has 0 amide bonds. The molecule has 0 radical (unpaired) electrons. The molecule has 1 fully saturated rings. The molecule has 1 atom stereocenters. The smallest absolute Gasteiger partial charge is 0.159 e. The summed E-state index contributed by atoms with van der Waals surface area (Å²) in [5, 5.41) is 15.6. The highest BCUT2D eigenvalue weighted by Gasteiger charge is 2.12. The SMILES string of the molecule is CF.CO.COC(C)(C)O.O=CC1CCCO1. The maximum absolute atomic E-state index is 9.88. The zero-order valence-corrected chi connectivity index (χ0v) is 11.3. The van der Waals surface area contributed by atoms with E-state index in [4.69, 9.17) is 14.9 Å². The van der Waals surface area contributed by atoms with Gasteiger partial charge in [-0.05, 0) is 26.7 Å². The molecule has 0 aliphatic carbocycles. The van der Waals surface area contributed by atoms with Crippen LogP contribution in [-0.2, 0) is 14.3 Å². The van der Waals surface area contributed by atoms with Gasteiger partial charge in [0.05, 0.1) is 7.18 Å². The van der Waals surface area contributed by atoms with E-state index in [1.807, 2.05) is 0 Å². The predicted molar refractivity (Wildman–Crippen MR) is 63.5 cm³/mol. The maximum atomic E-state index is 9.88. The average molecular weight is 256 g/mol. The molecule has 0 aromatic rings. The highest BCUT2D eigenvalue weighted by atomic mass is 19.1. The van der Waals surface area contributed by atoms with Crippen LogP contribution in [0.1, 0.15) is 26.7 Å². The van der Waals surface area contributed by atoms with E-state index in [-0.39, 0.29) is 6.10 Å². The fourth-order valence-corrected chi connectivity index (χ4v) is 0.710. The number of carbonyl (C=O) groups is 1. The van der Waals surface area contributed by atoms with Crippen molar-refractivity contribution in [3.8, 4) is 0 Å². The summed E-state index contributed by atoms with van der Waals surface area (Å²) < 4.78 is 18.9. The van der Waals surface area contributed by atoms with Crippen molar-refractivity contribution in [3.63, 3.8) is 0 Å². The van der Waals surface area contributed by atoms with Crippen molar-refractivity contribution < 1.29 is 28.9 Å². The fourth-order valence-electron chi connectivity index (χ4n) is 0.710. The second-order valence-corrected chi connectivity index (χ2v) is 3.34. The average Bonchev–Trinajstić information content (AvgIpc) is 2.87. The topological polar surface area (TPSA) is 76.0 Å². The molecule has 106 valence electrons. The molecule has 0 aromatic carbocycles. The van der Waals surface area contributed by atoms with Gasteiger partial charge in [-0.1, -0.05) is 0 Å². The van der Waals surface area contributed by atoms with E-state index in [1.54, 1.807) is 13.8 Å². The third kappa shape index (κ3) is 21.3. The summed E-state index contributed by atoms with van der Waals surface area (Å²) in [6.07, 6.45) is 2.75. The number of carbonyl (C=O) groups excluding carboxylic acids is 1. The van der Waals surface area contributed by atoms with Crippen LogP contribution in [-0.4, -0.2) is 56.4 Å². The molecule has 1 rings (SSSR count). The van der Waals surface area contributed by atoms with E-state index in [0.29, 0.717) is 7.18 Å². The Bertz CT molecular complexity index is 141. The van der Waals surface area contributed by atoms with Crippen LogP contribution in [0.3, 0.4) is 0 Å². The Labute approximate surface area is 103 Å². The third-order valence-corrected chi connectivity index (χ3v) is 1.62. The normalized spacial score (nSPS) is 17.5. The van der Waals surface area contributed by atoms with Gasteiger partial charge in [-0.15, -0.1) is 0 Å².